The molecule has 0 aromatic carbocycles. The molecule has 0 aromatic rings. The van der Waals surface area contributed by atoms with Crippen LogP contribution in [-0.4, -0.2) is 53.4 Å². The molecule has 7 nitrogen and oxygen atoms in total. The highest BCUT2D eigenvalue weighted by Gasteiger charge is 2.67. The number of hydrogen-bond donors (Lipinski definition) is 2. The molecule has 2 N–H and O–H groups in total. The van der Waals surface area contributed by atoms with Crippen LogP contribution in [0.15, 0.2) is 11.6 Å². The number of cyclic esters (lactones) is 1. The molecule has 30 heavy (non-hydrogen) atoms. The molecule has 170 valence electrons. The number of methoxy groups -OCH3 is 1. The largest absolute Gasteiger partial charge is 0.459 e. The number of ether oxygens (including phenoxy) is 3. The van der Waals surface area contributed by atoms with Crippen molar-refractivity contribution in [3.05, 3.63) is 11.6 Å². The third-order valence-electron chi connectivity index (χ3n) is 8.10. The van der Waals surface area contributed by atoms with Gasteiger partial charge in [-0.25, -0.2) is 4.79 Å². The van der Waals surface area contributed by atoms with E-state index < -0.39 is 47.4 Å². The molecule has 0 aromatic heterocycles. The Morgan fingerprint density at radius 1 is 1.30 bits per heavy atom. The molecule has 2 aliphatic carbocycles. The van der Waals surface area contributed by atoms with Crippen molar-refractivity contribution in [3.63, 3.8) is 0 Å². The molecule has 2 fully saturated rings. The summed E-state index contributed by atoms with van der Waals surface area (Å²) in [4.78, 5) is 24.0. The molecular formula is C23H36O7. The van der Waals surface area contributed by atoms with E-state index in [1.165, 1.54) is 14.0 Å². The molecule has 1 aliphatic heterocycles. The van der Waals surface area contributed by atoms with Gasteiger partial charge in [0, 0.05) is 36.9 Å². The van der Waals surface area contributed by atoms with E-state index >= 15 is 0 Å². The summed E-state index contributed by atoms with van der Waals surface area (Å²) >= 11 is 0. The zero-order valence-corrected chi connectivity index (χ0v) is 18.9. The van der Waals surface area contributed by atoms with Gasteiger partial charge in [-0.05, 0) is 37.2 Å². The molecule has 3 aliphatic rings. The van der Waals surface area contributed by atoms with Gasteiger partial charge in [-0.1, -0.05) is 34.1 Å². The van der Waals surface area contributed by atoms with Gasteiger partial charge in [0.05, 0.1) is 11.7 Å². The summed E-state index contributed by atoms with van der Waals surface area (Å²) in [5.74, 6) is -1.61. The van der Waals surface area contributed by atoms with Crippen LogP contribution in [0.1, 0.15) is 66.7 Å². The SMILES string of the molecule is COC1C=C(CC[C@@]2(O)[C@H](C)[C@@H](O)[C@@H](OC(C)=O)[C@H]3C(C)(C)CCC[C@@]32C)C(=O)O1. The number of carbonyl (C=O) groups is 2. The predicted octanol–water partition coefficient (Wildman–Crippen LogP) is 2.73. The zero-order chi connectivity index (χ0) is 22.5. The molecule has 0 amide bonds. The molecule has 2 saturated carbocycles. The molecule has 7 atom stereocenters. The second kappa shape index (κ2) is 7.92. The molecule has 7 heteroatoms. The molecule has 0 radical (unpaired) electrons. The Bertz CT molecular complexity index is 729. The minimum Gasteiger partial charge on any atom is -0.459 e. The first kappa shape index (κ1) is 23.2. The number of carbonyl (C=O) groups excluding carboxylic acids is 2. The van der Waals surface area contributed by atoms with Crippen molar-refractivity contribution < 1.29 is 34.0 Å². The van der Waals surface area contributed by atoms with Gasteiger partial charge < -0.3 is 24.4 Å². The summed E-state index contributed by atoms with van der Waals surface area (Å²) in [6.07, 6.45) is 2.53. The maximum Gasteiger partial charge on any atom is 0.336 e. The van der Waals surface area contributed by atoms with Gasteiger partial charge in [-0.15, -0.1) is 0 Å². The average Bonchev–Trinajstić information content (AvgIpc) is 3.02. The first-order chi connectivity index (χ1) is 13.9. The van der Waals surface area contributed by atoms with E-state index in [2.05, 4.69) is 20.8 Å². The smallest absolute Gasteiger partial charge is 0.336 e. The topological polar surface area (TPSA) is 102 Å². The van der Waals surface area contributed by atoms with E-state index in [4.69, 9.17) is 14.2 Å². The quantitative estimate of drug-likeness (QED) is 0.654. The second-order valence-electron chi connectivity index (χ2n) is 10.2. The van der Waals surface area contributed by atoms with Crippen LogP contribution in [0.3, 0.4) is 0 Å². The number of rotatable bonds is 5. The van der Waals surface area contributed by atoms with Crippen LogP contribution in [0.4, 0.5) is 0 Å². The van der Waals surface area contributed by atoms with Gasteiger partial charge in [0.25, 0.3) is 0 Å². The summed E-state index contributed by atoms with van der Waals surface area (Å²) in [6.45, 7) is 9.46. The lowest BCUT2D eigenvalue weighted by Gasteiger charge is -2.65. The van der Waals surface area contributed by atoms with Crippen molar-refractivity contribution in [2.24, 2.45) is 22.7 Å². The lowest BCUT2D eigenvalue weighted by Crippen LogP contribution is -2.71. The van der Waals surface area contributed by atoms with E-state index in [0.717, 1.165) is 19.3 Å². The van der Waals surface area contributed by atoms with Crippen molar-refractivity contribution in [1.29, 1.82) is 0 Å². The van der Waals surface area contributed by atoms with Crippen molar-refractivity contribution in [1.82, 2.24) is 0 Å². The number of hydrogen-bond acceptors (Lipinski definition) is 7. The standard InChI is InChI=1S/C23H36O7/c1-13-17(25)18(29-14(2)24)19-21(3,4)9-7-10-22(19,5)23(13,27)11-8-15-12-16(28-6)30-20(15)26/h12-13,16-19,25,27H,7-11H2,1-6H3/t13-,16?,17-,18-,19+,22+,23-/m1/s1. The van der Waals surface area contributed by atoms with E-state index in [1.54, 1.807) is 6.08 Å². The van der Waals surface area contributed by atoms with Crippen LogP contribution in [0.5, 0.6) is 0 Å². The van der Waals surface area contributed by atoms with Crippen molar-refractivity contribution >= 4 is 11.9 Å². The number of fused-ring (bicyclic) bond motifs is 1. The Balaban J connectivity index is 1.97. The van der Waals surface area contributed by atoms with Gasteiger partial charge >= 0.3 is 11.9 Å². The fraction of sp³-hybridized carbons (Fsp3) is 0.826. The molecule has 0 bridgehead atoms. The summed E-state index contributed by atoms with van der Waals surface area (Å²) in [5, 5.41) is 23.3. The summed E-state index contributed by atoms with van der Waals surface area (Å²) in [7, 11) is 1.47. The maximum absolute atomic E-state index is 12.1. The van der Waals surface area contributed by atoms with Crippen LogP contribution < -0.4 is 0 Å². The summed E-state index contributed by atoms with van der Waals surface area (Å²) in [5.41, 5.74) is -1.57. The third kappa shape index (κ3) is 3.59. The maximum atomic E-state index is 12.1. The monoisotopic (exact) mass is 424 g/mol. The number of aliphatic hydroxyl groups is 2. The molecule has 0 saturated heterocycles. The van der Waals surface area contributed by atoms with Gasteiger partial charge in [-0.3, -0.25) is 4.79 Å². The van der Waals surface area contributed by atoms with E-state index in [9.17, 15) is 19.8 Å². The fourth-order valence-electron chi connectivity index (χ4n) is 6.58. The molecule has 1 unspecified atom stereocenters. The highest BCUT2D eigenvalue weighted by molar-refractivity contribution is 5.90. The zero-order valence-electron chi connectivity index (χ0n) is 18.9. The molecule has 3 rings (SSSR count). The predicted molar refractivity (Wildman–Crippen MR) is 109 cm³/mol. The Kier molecular flexibility index (Phi) is 6.13. The molecular weight excluding hydrogens is 388 g/mol. The number of esters is 2. The minimum atomic E-state index is -1.24. The van der Waals surface area contributed by atoms with Gasteiger partial charge in [0.2, 0.25) is 6.29 Å². The third-order valence-corrected chi connectivity index (χ3v) is 8.10. The lowest BCUT2D eigenvalue weighted by atomic mass is 9.42. The fourth-order valence-corrected chi connectivity index (χ4v) is 6.58. The van der Waals surface area contributed by atoms with Crippen molar-refractivity contribution in [2.75, 3.05) is 7.11 Å². The average molecular weight is 425 g/mol. The first-order valence-electron chi connectivity index (χ1n) is 10.9. The van der Waals surface area contributed by atoms with E-state index in [1.807, 2.05) is 6.92 Å². The van der Waals surface area contributed by atoms with Crippen LogP contribution in [0.2, 0.25) is 0 Å². The van der Waals surface area contributed by atoms with Crippen LogP contribution in [0, 0.1) is 22.7 Å². The van der Waals surface area contributed by atoms with Gasteiger partial charge in [0.15, 0.2) is 0 Å². The lowest BCUT2D eigenvalue weighted by molar-refractivity contribution is -0.281. The summed E-state index contributed by atoms with van der Waals surface area (Å²) < 4.78 is 15.9. The van der Waals surface area contributed by atoms with E-state index in [0.29, 0.717) is 18.4 Å². The van der Waals surface area contributed by atoms with Crippen LogP contribution >= 0.6 is 0 Å². The molecule has 1 heterocycles. The highest BCUT2D eigenvalue weighted by atomic mass is 16.7. The second-order valence-corrected chi connectivity index (χ2v) is 10.2. The Labute approximate surface area is 178 Å². The first-order valence-corrected chi connectivity index (χ1v) is 10.9. The van der Waals surface area contributed by atoms with Crippen molar-refractivity contribution in [3.8, 4) is 0 Å². The highest BCUT2D eigenvalue weighted by Crippen LogP contribution is 2.64. The number of aliphatic hydroxyl groups excluding tert-OH is 1. The summed E-state index contributed by atoms with van der Waals surface area (Å²) in [6, 6.07) is 0. The van der Waals surface area contributed by atoms with Crippen LogP contribution in [0.25, 0.3) is 0 Å². The van der Waals surface area contributed by atoms with Gasteiger partial charge in [-0.2, -0.15) is 0 Å². The molecule has 0 spiro atoms. The minimum absolute atomic E-state index is 0.213. The Hall–Kier alpha value is -1.44. The van der Waals surface area contributed by atoms with Crippen molar-refractivity contribution in [2.45, 2.75) is 90.8 Å². The Morgan fingerprint density at radius 3 is 2.53 bits per heavy atom. The normalized spacial score (nSPS) is 42.9. The van der Waals surface area contributed by atoms with Crippen LogP contribution in [-0.2, 0) is 23.8 Å². The van der Waals surface area contributed by atoms with Gasteiger partial charge in [0.1, 0.15) is 6.10 Å². The Morgan fingerprint density at radius 2 is 1.97 bits per heavy atom. The van der Waals surface area contributed by atoms with E-state index in [-0.39, 0.29) is 11.3 Å².